The fourth-order valence-electron chi connectivity index (χ4n) is 3.68. The second-order valence-electron chi connectivity index (χ2n) is 7.05. The van der Waals surface area contributed by atoms with Crippen molar-refractivity contribution in [2.45, 2.75) is 18.9 Å². The van der Waals surface area contributed by atoms with Crippen LogP contribution in [0.5, 0.6) is 5.75 Å². The van der Waals surface area contributed by atoms with Gasteiger partial charge in [-0.15, -0.1) is 0 Å². The smallest absolute Gasteiger partial charge is 0.272 e. The highest BCUT2D eigenvalue weighted by Crippen LogP contribution is 2.27. The summed E-state index contributed by atoms with van der Waals surface area (Å²) in [6, 6.07) is 14.3. The van der Waals surface area contributed by atoms with E-state index in [0.29, 0.717) is 35.9 Å². The molecule has 1 aromatic carbocycles. The fourth-order valence-corrected chi connectivity index (χ4v) is 3.68. The van der Waals surface area contributed by atoms with Crippen molar-refractivity contribution in [3.05, 3.63) is 72.2 Å². The molecule has 0 saturated carbocycles. The summed E-state index contributed by atoms with van der Waals surface area (Å²) >= 11 is 0. The van der Waals surface area contributed by atoms with Crippen molar-refractivity contribution >= 4 is 17.6 Å². The standard InChI is InChI=1S/C22H23N5O3/c1-30-19-8-3-2-6-17(19)21(28)25-20-9-13-24-27(20)16-10-14-26(15-11-16)22(29)18-7-4-5-12-23-18/h2-9,12-13,16H,10-11,14-15H2,1H3,(H,25,28). The molecule has 154 valence electrons. The lowest BCUT2D eigenvalue weighted by atomic mass is 10.0. The molecule has 2 amide bonds. The highest BCUT2D eigenvalue weighted by atomic mass is 16.5. The van der Waals surface area contributed by atoms with E-state index >= 15 is 0 Å². The number of methoxy groups -OCH3 is 1. The zero-order valence-corrected chi connectivity index (χ0v) is 16.7. The van der Waals surface area contributed by atoms with Crippen molar-refractivity contribution in [3.8, 4) is 5.75 Å². The van der Waals surface area contributed by atoms with Gasteiger partial charge in [0, 0.05) is 25.4 Å². The van der Waals surface area contributed by atoms with Gasteiger partial charge < -0.3 is 15.0 Å². The minimum Gasteiger partial charge on any atom is -0.496 e. The van der Waals surface area contributed by atoms with Crippen LogP contribution in [0.15, 0.2) is 60.9 Å². The lowest BCUT2D eigenvalue weighted by molar-refractivity contribution is 0.0685. The Bertz CT molecular complexity index is 1030. The number of aromatic nitrogens is 3. The molecule has 30 heavy (non-hydrogen) atoms. The largest absolute Gasteiger partial charge is 0.496 e. The third-order valence-electron chi connectivity index (χ3n) is 5.25. The zero-order valence-electron chi connectivity index (χ0n) is 16.7. The van der Waals surface area contributed by atoms with Crippen LogP contribution < -0.4 is 10.1 Å². The number of para-hydroxylation sites is 1. The Labute approximate surface area is 174 Å². The molecule has 0 unspecified atom stereocenters. The summed E-state index contributed by atoms with van der Waals surface area (Å²) in [5.74, 6) is 0.832. The summed E-state index contributed by atoms with van der Waals surface area (Å²) in [4.78, 5) is 31.3. The number of anilines is 1. The Kier molecular flexibility index (Phi) is 5.74. The molecule has 2 aromatic heterocycles. The van der Waals surface area contributed by atoms with Gasteiger partial charge in [0.15, 0.2) is 0 Å². The van der Waals surface area contributed by atoms with Crippen LogP contribution in [0.25, 0.3) is 0 Å². The Morgan fingerprint density at radius 1 is 1.03 bits per heavy atom. The van der Waals surface area contributed by atoms with Gasteiger partial charge in [-0.05, 0) is 37.1 Å². The normalized spacial score (nSPS) is 14.4. The molecular weight excluding hydrogens is 382 g/mol. The number of ether oxygens (including phenoxy) is 1. The van der Waals surface area contributed by atoms with E-state index in [2.05, 4.69) is 15.4 Å². The van der Waals surface area contributed by atoms with Crippen LogP contribution in [0.1, 0.15) is 39.7 Å². The molecule has 1 saturated heterocycles. The summed E-state index contributed by atoms with van der Waals surface area (Å²) in [5, 5.41) is 7.34. The second-order valence-corrected chi connectivity index (χ2v) is 7.05. The molecule has 4 rings (SSSR count). The number of rotatable bonds is 5. The quantitative estimate of drug-likeness (QED) is 0.705. The maximum Gasteiger partial charge on any atom is 0.272 e. The molecule has 1 aliphatic rings. The van der Waals surface area contributed by atoms with E-state index in [9.17, 15) is 9.59 Å². The van der Waals surface area contributed by atoms with Gasteiger partial charge in [-0.25, -0.2) is 4.68 Å². The van der Waals surface area contributed by atoms with E-state index in [1.807, 2.05) is 21.7 Å². The Balaban J connectivity index is 1.42. The van der Waals surface area contributed by atoms with Gasteiger partial charge >= 0.3 is 0 Å². The summed E-state index contributed by atoms with van der Waals surface area (Å²) < 4.78 is 7.11. The first-order chi connectivity index (χ1) is 14.7. The summed E-state index contributed by atoms with van der Waals surface area (Å²) in [7, 11) is 1.54. The number of hydrogen-bond donors (Lipinski definition) is 1. The van der Waals surface area contributed by atoms with Crippen molar-refractivity contribution in [3.63, 3.8) is 0 Å². The van der Waals surface area contributed by atoms with Crippen molar-refractivity contribution in [2.75, 3.05) is 25.5 Å². The molecule has 1 N–H and O–H groups in total. The molecule has 8 heteroatoms. The molecule has 3 heterocycles. The number of amides is 2. The van der Waals surface area contributed by atoms with E-state index in [0.717, 1.165) is 12.8 Å². The number of piperidine rings is 1. The molecule has 0 aliphatic carbocycles. The number of nitrogens with zero attached hydrogens (tertiary/aromatic N) is 4. The van der Waals surface area contributed by atoms with Gasteiger partial charge in [-0.3, -0.25) is 14.6 Å². The van der Waals surface area contributed by atoms with Crippen molar-refractivity contribution in [1.29, 1.82) is 0 Å². The number of likely N-dealkylation sites (tertiary alicyclic amines) is 1. The predicted octanol–water partition coefficient (Wildman–Crippen LogP) is 3.02. The molecule has 8 nitrogen and oxygen atoms in total. The lowest BCUT2D eigenvalue weighted by Crippen LogP contribution is -2.39. The van der Waals surface area contributed by atoms with E-state index in [4.69, 9.17) is 4.74 Å². The summed E-state index contributed by atoms with van der Waals surface area (Å²) in [6.07, 6.45) is 4.79. The van der Waals surface area contributed by atoms with Crippen LogP contribution in [-0.4, -0.2) is 51.7 Å². The van der Waals surface area contributed by atoms with Gasteiger partial charge in [0.2, 0.25) is 0 Å². The fraction of sp³-hybridized carbons (Fsp3) is 0.273. The molecule has 3 aromatic rings. The molecular formula is C22H23N5O3. The van der Waals surface area contributed by atoms with Crippen LogP contribution in [0.2, 0.25) is 0 Å². The molecule has 0 atom stereocenters. The molecule has 0 spiro atoms. The number of pyridine rings is 1. The lowest BCUT2D eigenvalue weighted by Gasteiger charge is -2.32. The molecule has 1 aliphatic heterocycles. The van der Waals surface area contributed by atoms with Crippen molar-refractivity contribution < 1.29 is 14.3 Å². The Morgan fingerprint density at radius 2 is 1.80 bits per heavy atom. The molecule has 0 bridgehead atoms. The second kappa shape index (κ2) is 8.77. The summed E-state index contributed by atoms with van der Waals surface area (Å²) in [6.45, 7) is 1.22. The van der Waals surface area contributed by atoms with Crippen LogP contribution >= 0.6 is 0 Å². The number of carbonyl (C=O) groups is 2. The van der Waals surface area contributed by atoms with E-state index in [1.165, 1.54) is 7.11 Å². The Morgan fingerprint density at radius 3 is 2.53 bits per heavy atom. The first-order valence-electron chi connectivity index (χ1n) is 9.85. The third-order valence-corrected chi connectivity index (χ3v) is 5.25. The van der Waals surface area contributed by atoms with E-state index in [-0.39, 0.29) is 17.9 Å². The minimum absolute atomic E-state index is 0.0563. The predicted molar refractivity (Wildman–Crippen MR) is 112 cm³/mol. The van der Waals surface area contributed by atoms with Gasteiger partial charge in [0.25, 0.3) is 11.8 Å². The Hall–Kier alpha value is -3.68. The van der Waals surface area contributed by atoms with Gasteiger partial charge in [0.1, 0.15) is 17.3 Å². The number of hydrogen-bond acceptors (Lipinski definition) is 5. The number of carbonyl (C=O) groups excluding carboxylic acids is 2. The first kappa shape index (κ1) is 19.6. The van der Waals surface area contributed by atoms with Crippen molar-refractivity contribution in [1.82, 2.24) is 19.7 Å². The third kappa shape index (κ3) is 4.03. The minimum atomic E-state index is -0.253. The van der Waals surface area contributed by atoms with E-state index < -0.39 is 0 Å². The summed E-state index contributed by atoms with van der Waals surface area (Å²) in [5.41, 5.74) is 0.920. The zero-order chi connectivity index (χ0) is 20.9. The van der Waals surface area contributed by atoms with Crippen LogP contribution in [0, 0.1) is 0 Å². The van der Waals surface area contributed by atoms with Crippen molar-refractivity contribution in [2.24, 2.45) is 0 Å². The highest BCUT2D eigenvalue weighted by Gasteiger charge is 2.27. The average molecular weight is 405 g/mol. The maximum absolute atomic E-state index is 12.7. The van der Waals surface area contributed by atoms with Gasteiger partial charge in [0.05, 0.1) is 24.9 Å². The molecule has 0 radical (unpaired) electrons. The highest BCUT2D eigenvalue weighted by molar-refractivity contribution is 6.05. The number of nitrogens with one attached hydrogen (secondary N) is 1. The van der Waals surface area contributed by atoms with Crippen LogP contribution in [0.3, 0.4) is 0 Å². The average Bonchev–Trinajstić information content (AvgIpc) is 3.27. The van der Waals surface area contributed by atoms with Gasteiger partial charge in [-0.2, -0.15) is 5.10 Å². The SMILES string of the molecule is COc1ccccc1C(=O)Nc1ccnn1C1CCN(C(=O)c2ccccn2)CC1. The monoisotopic (exact) mass is 405 g/mol. The maximum atomic E-state index is 12.7. The van der Waals surface area contributed by atoms with Crippen LogP contribution in [-0.2, 0) is 0 Å². The van der Waals surface area contributed by atoms with E-state index in [1.54, 1.807) is 48.8 Å². The van der Waals surface area contributed by atoms with Gasteiger partial charge in [-0.1, -0.05) is 18.2 Å². The number of benzene rings is 1. The topological polar surface area (TPSA) is 89.4 Å². The first-order valence-corrected chi connectivity index (χ1v) is 9.85. The molecule has 1 fully saturated rings. The van der Waals surface area contributed by atoms with Crippen LogP contribution in [0.4, 0.5) is 5.82 Å².